The third-order valence-corrected chi connectivity index (χ3v) is 6.97. The molecule has 30 heavy (non-hydrogen) atoms. The van der Waals surface area contributed by atoms with E-state index < -0.39 is 28.3 Å². The molecule has 2 heterocycles. The standard InChI is InChI=1S/C21H20N2O6S/c1-23(16-9-10-30(26,27)13-16)19(24)12-28-21(25)15-7-8-18-17(11-15)20(29-22-18)14-5-3-2-4-6-14/h2-8,11,16H,9-10,12-13H2,1H3. The number of nitrogens with zero attached hydrogens (tertiary/aromatic N) is 2. The number of hydrogen-bond donors (Lipinski definition) is 0. The van der Waals surface area contributed by atoms with E-state index in [9.17, 15) is 18.0 Å². The number of benzene rings is 2. The minimum Gasteiger partial charge on any atom is -0.452 e. The fraction of sp³-hybridized carbons (Fsp3) is 0.286. The first-order valence-electron chi connectivity index (χ1n) is 9.42. The maximum atomic E-state index is 12.5. The summed E-state index contributed by atoms with van der Waals surface area (Å²) in [5.41, 5.74) is 1.69. The minimum absolute atomic E-state index is 0.0599. The van der Waals surface area contributed by atoms with Gasteiger partial charge >= 0.3 is 5.97 Å². The van der Waals surface area contributed by atoms with E-state index in [1.165, 1.54) is 11.9 Å². The van der Waals surface area contributed by atoms with Crippen molar-refractivity contribution in [3.63, 3.8) is 0 Å². The molecule has 0 saturated carbocycles. The fourth-order valence-electron chi connectivity index (χ4n) is 3.46. The Balaban J connectivity index is 1.45. The summed E-state index contributed by atoms with van der Waals surface area (Å²) in [5, 5.41) is 4.67. The number of likely N-dealkylation sites (N-methyl/N-ethyl adjacent to an activating group) is 1. The third-order valence-electron chi connectivity index (χ3n) is 5.22. The summed E-state index contributed by atoms with van der Waals surface area (Å²) in [4.78, 5) is 26.1. The van der Waals surface area contributed by atoms with E-state index in [0.29, 0.717) is 23.1 Å². The summed E-state index contributed by atoms with van der Waals surface area (Å²) in [6.07, 6.45) is 0.394. The number of ether oxygens (including phenoxy) is 1. The Bertz CT molecular complexity index is 1200. The Labute approximate surface area is 173 Å². The largest absolute Gasteiger partial charge is 0.452 e. The minimum atomic E-state index is -3.11. The molecule has 2 aromatic carbocycles. The van der Waals surface area contributed by atoms with Crippen molar-refractivity contribution < 1.29 is 27.3 Å². The highest BCUT2D eigenvalue weighted by molar-refractivity contribution is 7.91. The van der Waals surface area contributed by atoms with Crippen LogP contribution in [0.15, 0.2) is 53.1 Å². The second kappa shape index (κ2) is 7.91. The van der Waals surface area contributed by atoms with Gasteiger partial charge in [-0.2, -0.15) is 0 Å². The molecule has 1 saturated heterocycles. The van der Waals surface area contributed by atoms with Gasteiger partial charge in [0.25, 0.3) is 5.91 Å². The summed E-state index contributed by atoms with van der Waals surface area (Å²) in [5.74, 6) is -0.550. The van der Waals surface area contributed by atoms with Crippen molar-refractivity contribution >= 4 is 32.6 Å². The Morgan fingerprint density at radius 2 is 1.97 bits per heavy atom. The van der Waals surface area contributed by atoms with Gasteiger partial charge in [-0.15, -0.1) is 0 Å². The van der Waals surface area contributed by atoms with Gasteiger partial charge in [0, 0.05) is 18.7 Å². The number of esters is 1. The number of carbonyl (C=O) groups excluding carboxylic acids is 2. The quantitative estimate of drug-likeness (QED) is 0.574. The first-order valence-corrected chi connectivity index (χ1v) is 11.2. The second-order valence-corrected chi connectivity index (χ2v) is 9.48. The van der Waals surface area contributed by atoms with Crippen LogP contribution < -0.4 is 0 Å². The molecule has 8 nitrogen and oxygen atoms in total. The highest BCUT2D eigenvalue weighted by Crippen LogP contribution is 2.29. The van der Waals surface area contributed by atoms with E-state index in [-0.39, 0.29) is 23.1 Å². The lowest BCUT2D eigenvalue weighted by Crippen LogP contribution is -2.40. The Hall–Kier alpha value is -3.20. The predicted molar refractivity (Wildman–Crippen MR) is 110 cm³/mol. The highest BCUT2D eigenvalue weighted by Gasteiger charge is 2.33. The number of fused-ring (bicyclic) bond motifs is 1. The van der Waals surface area contributed by atoms with Gasteiger partial charge in [-0.25, -0.2) is 13.2 Å². The van der Waals surface area contributed by atoms with Gasteiger partial charge in [0.05, 0.1) is 22.5 Å². The average molecular weight is 428 g/mol. The normalized spacial score (nSPS) is 17.7. The van der Waals surface area contributed by atoms with Crippen molar-refractivity contribution in [1.82, 2.24) is 10.1 Å². The topological polar surface area (TPSA) is 107 Å². The molecular weight excluding hydrogens is 408 g/mol. The van der Waals surface area contributed by atoms with Gasteiger partial charge in [-0.1, -0.05) is 35.5 Å². The number of carbonyl (C=O) groups is 2. The summed E-state index contributed by atoms with van der Waals surface area (Å²) in [6, 6.07) is 13.8. The van der Waals surface area contributed by atoms with Gasteiger partial charge in [0.1, 0.15) is 5.52 Å². The first-order chi connectivity index (χ1) is 14.3. The van der Waals surface area contributed by atoms with Crippen LogP contribution in [0.5, 0.6) is 0 Å². The Morgan fingerprint density at radius 3 is 2.67 bits per heavy atom. The van der Waals surface area contributed by atoms with E-state index in [1.807, 2.05) is 30.3 Å². The zero-order valence-electron chi connectivity index (χ0n) is 16.3. The van der Waals surface area contributed by atoms with Gasteiger partial charge in [0.2, 0.25) is 0 Å². The lowest BCUT2D eigenvalue weighted by Gasteiger charge is -2.23. The number of amides is 1. The molecule has 4 rings (SSSR count). The van der Waals surface area contributed by atoms with E-state index in [0.717, 1.165) is 5.56 Å². The molecule has 1 aliphatic heterocycles. The smallest absolute Gasteiger partial charge is 0.338 e. The van der Waals surface area contributed by atoms with E-state index in [1.54, 1.807) is 18.2 Å². The fourth-order valence-corrected chi connectivity index (χ4v) is 5.24. The SMILES string of the molecule is CN(C(=O)COC(=O)c1ccc2noc(-c3ccccc3)c2c1)C1CCS(=O)(=O)C1. The molecule has 3 aromatic rings. The predicted octanol–water partition coefficient (Wildman–Crippen LogP) is 2.30. The maximum absolute atomic E-state index is 12.5. The first kappa shape index (κ1) is 20.1. The van der Waals surface area contributed by atoms with Crippen LogP contribution in [0.3, 0.4) is 0 Å². The lowest BCUT2D eigenvalue weighted by atomic mass is 10.1. The summed E-state index contributed by atoms with van der Waals surface area (Å²) >= 11 is 0. The zero-order valence-corrected chi connectivity index (χ0v) is 17.1. The Kier molecular flexibility index (Phi) is 5.29. The van der Waals surface area contributed by atoms with Crippen molar-refractivity contribution in [2.24, 2.45) is 0 Å². The van der Waals surface area contributed by atoms with Crippen molar-refractivity contribution in [3.8, 4) is 11.3 Å². The highest BCUT2D eigenvalue weighted by atomic mass is 32.2. The molecule has 0 radical (unpaired) electrons. The summed E-state index contributed by atoms with van der Waals surface area (Å²) in [6.45, 7) is -0.459. The monoisotopic (exact) mass is 428 g/mol. The molecule has 1 unspecified atom stereocenters. The lowest BCUT2D eigenvalue weighted by molar-refractivity contribution is -0.134. The molecule has 1 fully saturated rings. The maximum Gasteiger partial charge on any atom is 0.338 e. The van der Waals surface area contributed by atoms with Crippen molar-refractivity contribution in [2.75, 3.05) is 25.2 Å². The molecule has 1 aromatic heterocycles. The zero-order chi connectivity index (χ0) is 21.3. The molecule has 0 aliphatic carbocycles. The van der Waals surface area contributed by atoms with Crippen LogP contribution in [-0.4, -0.2) is 61.6 Å². The van der Waals surface area contributed by atoms with Gasteiger partial charge < -0.3 is 14.2 Å². The van der Waals surface area contributed by atoms with Crippen molar-refractivity contribution in [3.05, 3.63) is 54.1 Å². The van der Waals surface area contributed by atoms with Gasteiger partial charge in [-0.05, 0) is 24.6 Å². The van der Waals surface area contributed by atoms with E-state index in [4.69, 9.17) is 9.26 Å². The van der Waals surface area contributed by atoms with Crippen LogP contribution in [0.1, 0.15) is 16.8 Å². The molecule has 1 atom stereocenters. The van der Waals surface area contributed by atoms with Crippen LogP contribution in [0, 0.1) is 0 Å². The molecule has 156 valence electrons. The number of rotatable bonds is 5. The van der Waals surface area contributed by atoms with Crippen LogP contribution in [-0.2, 0) is 19.4 Å². The van der Waals surface area contributed by atoms with E-state index >= 15 is 0 Å². The molecule has 0 N–H and O–H groups in total. The van der Waals surface area contributed by atoms with Crippen LogP contribution in [0.4, 0.5) is 0 Å². The number of aromatic nitrogens is 1. The van der Waals surface area contributed by atoms with Crippen LogP contribution in [0.25, 0.3) is 22.2 Å². The van der Waals surface area contributed by atoms with Gasteiger partial charge in [-0.3, -0.25) is 4.79 Å². The van der Waals surface area contributed by atoms with Crippen LogP contribution in [0.2, 0.25) is 0 Å². The summed E-state index contributed by atoms with van der Waals surface area (Å²) < 4.78 is 33.8. The van der Waals surface area contributed by atoms with Crippen LogP contribution >= 0.6 is 0 Å². The second-order valence-electron chi connectivity index (χ2n) is 7.25. The summed E-state index contributed by atoms with van der Waals surface area (Å²) in [7, 11) is -1.58. The number of hydrogen-bond acceptors (Lipinski definition) is 7. The third kappa shape index (κ3) is 4.06. The van der Waals surface area contributed by atoms with Gasteiger partial charge in [0.15, 0.2) is 22.2 Å². The molecule has 9 heteroatoms. The molecule has 1 aliphatic rings. The van der Waals surface area contributed by atoms with Crippen molar-refractivity contribution in [1.29, 1.82) is 0 Å². The molecule has 0 spiro atoms. The molecular formula is C21H20N2O6S. The van der Waals surface area contributed by atoms with Crippen molar-refractivity contribution in [2.45, 2.75) is 12.5 Å². The molecule has 1 amide bonds. The number of sulfone groups is 1. The average Bonchev–Trinajstić information content (AvgIpc) is 3.34. The Morgan fingerprint density at radius 1 is 1.20 bits per heavy atom. The molecule has 0 bridgehead atoms. The van der Waals surface area contributed by atoms with E-state index in [2.05, 4.69) is 5.16 Å².